The molecule has 2 bridgehead atoms. The van der Waals surface area contributed by atoms with Crippen LogP contribution in [0.2, 0.25) is 0 Å². The van der Waals surface area contributed by atoms with Gasteiger partial charge >= 0.3 is 5.97 Å². The van der Waals surface area contributed by atoms with Crippen molar-refractivity contribution in [3.8, 4) is 0 Å². The van der Waals surface area contributed by atoms with Gasteiger partial charge in [0.05, 0.1) is 29.5 Å². The smallest absolute Gasteiger partial charge is 0.338 e. The fourth-order valence-corrected chi connectivity index (χ4v) is 9.76. The van der Waals surface area contributed by atoms with E-state index in [0.29, 0.717) is 18.8 Å². The van der Waals surface area contributed by atoms with Crippen molar-refractivity contribution in [3.05, 3.63) is 60.7 Å². The molecule has 0 radical (unpaired) electrons. The van der Waals surface area contributed by atoms with Gasteiger partial charge in [0.15, 0.2) is 0 Å². The van der Waals surface area contributed by atoms with Crippen LogP contribution in [0.4, 0.5) is 0 Å². The first kappa shape index (κ1) is 26.6. The number of sulfonamides is 1. The largest absolute Gasteiger partial charge is 0.462 e. The Bertz CT molecular complexity index is 1180. The number of rotatable bonds is 9. The Morgan fingerprint density at radius 2 is 1.89 bits per heavy atom. The Kier molecular flexibility index (Phi) is 6.78. The lowest BCUT2D eigenvalue weighted by atomic mass is 9.69. The van der Waals surface area contributed by atoms with Gasteiger partial charge < -0.3 is 4.74 Å². The maximum atomic E-state index is 13.8. The summed E-state index contributed by atoms with van der Waals surface area (Å²) in [6.45, 7) is 16.5. The van der Waals surface area contributed by atoms with Crippen molar-refractivity contribution in [3.63, 3.8) is 0 Å². The van der Waals surface area contributed by atoms with Crippen molar-refractivity contribution in [2.75, 3.05) is 12.4 Å². The normalized spacial score (nSPS) is 28.4. The van der Waals surface area contributed by atoms with Crippen LogP contribution in [0.3, 0.4) is 0 Å². The Labute approximate surface area is 215 Å². The molecule has 1 saturated heterocycles. The lowest BCUT2D eigenvalue weighted by molar-refractivity contribution is 0.0457. The van der Waals surface area contributed by atoms with Crippen molar-refractivity contribution >= 4 is 21.9 Å². The zero-order valence-electron chi connectivity index (χ0n) is 22.0. The van der Waals surface area contributed by atoms with E-state index in [0.717, 1.165) is 23.6 Å². The Hall–Kier alpha value is -2.41. The third-order valence-electron chi connectivity index (χ3n) is 9.61. The molecule has 36 heavy (non-hydrogen) atoms. The summed E-state index contributed by atoms with van der Waals surface area (Å²) >= 11 is 0. The highest BCUT2D eigenvalue weighted by atomic mass is 32.2. The summed E-state index contributed by atoms with van der Waals surface area (Å²) in [5.74, 6) is -0.730. The summed E-state index contributed by atoms with van der Waals surface area (Å²) in [6.07, 6.45) is 7.65. The van der Waals surface area contributed by atoms with Crippen LogP contribution >= 0.6 is 0 Å². The molecule has 7 heteroatoms. The zero-order valence-corrected chi connectivity index (χ0v) is 22.8. The fourth-order valence-electron chi connectivity index (χ4n) is 7.23. The second-order valence-electron chi connectivity index (χ2n) is 12.0. The first-order chi connectivity index (χ1) is 16.8. The van der Waals surface area contributed by atoms with Gasteiger partial charge in [-0.1, -0.05) is 52.0 Å². The minimum Gasteiger partial charge on any atom is -0.462 e. The number of esters is 1. The van der Waals surface area contributed by atoms with Crippen molar-refractivity contribution < 1.29 is 22.7 Å². The molecule has 0 N–H and O–H groups in total. The number of ether oxygens (including phenoxy) is 1. The molecule has 1 aromatic carbocycles. The van der Waals surface area contributed by atoms with Gasteiger partial charge in [-0.15, -0.1) is 13.2 Å². The first-order valence-electron chi connectivity index (χ1n) is 12.9. The molecule has 1 heterocycles. The SMILES string of the molecule is C=CCC(C)(C)C(C=C)CCOC(=O)c1ccccc1C(=O)N1C2CC3CCC2(CS1(=O)=O)C3(C)C. The number of carbonyl (C=O) groups is 2. The molecule has 6 nitrogen and oxygen atoms in total. The number of hydrogen-bond acceptors (Lipinski definition) is 5. The number of nitrogens with zero attached hydrogens (tertiary/aromatic N) is 1. The van der Waals surface area contributed by atoms with Gasteiger partial charge in [-0.2, -0.15) is 0 Å². The fraction of sp³-hybridized carbons (Fsp3) is 0.586. The number of amides is 1. The van der Waals surface area contributed by atoms with E-state index in [-0.39, 0.29) is 46.3 Å². The second kappa shape index (κ2) is 9.16. The first-order valence-corrected chi connectivity index (χ1v) is 14.5. The Morgan fingerprint density at radius 3 is 2.50 bits per heavy atom. The lowest BCUT2D eigenvalue weighted by Crippen LogP contribution is -2.44. The molecule has 0 aromatic heterocycles. The van der Waals surface area contributed by atoms with E-state index >= 15 is 0 Å². The lowest BCUT2D eigenvalue weighted by Gasteiger charge is -2.37. The van der Waals surface area contributed by atoms with E-state index in [9.17, 15) is 18.0 Å². The van der Waals surface area contributed by atoms with E-state index in [1.165, 1.54) is 12.1 Å². The molecule has 3 fully saturated rings. The van der Waals surface area contributed by atoms with Gasteiger partial charge in [-0.3, -0.25) is 4.79 Å². The van der Waals surface area contributed by atoms with Crippen LogP contribution < -0.4 is 0 Å². The third-order valence-corrected chi connectivity index (χ3v) is 11.5. The summed E-state index contributed by atoms with van der Waals surface area (Å²) in [5.41, 5.74) is -0.450. The molecule has 1 spiro atoms. The number of carbonyl (C=O) groups excluding carboxylic acids is 2. The predicted molar refractivity (Wildman–Crippen MR) is 141 cm³/mol. The van der Waals surface area contributed by atoms with Gasteiger partial charge in [0, 0.05) is 5.41 Å². The Morgan fingerprint density at radius 1 is 1.22 bits per heavy atom. The van der Waals surface area contributed by atoms with Gasteiger partial charge in [-0.25, -0.2) is 17.5 Å². The van der Waals surface area contributed by atoms with Crippen LogP contribution in [-0.2, 0) is 14.8 Å². The van der Waals surface area contributed by atoms with Crippen molar-refractivity contribution in [1.29, 1.82) is 0 Å². The maximum Gasteiger partial charge on any atom is 0.338 e. The molecular weight excluding hydrogens is 474 g/mol. The van der Waals surface area contributed by atoms with Gasteiger partial charge in [0.1, 0.15) is 0 Å². The van der Waals surface area contributed by atoms with E-state index in [4.69, 9.17) is 4.74 Å². The highest BCUT2D eigenvalue weighted by Gasteiger charge is 2.72. The number of benzene rings is 1. The molecule has 4 unspecified atom stereocenters. The molecule has 2 aliphatic carbocycles. The Balaban J connectivity index is 1.54. The molecule has 3 aliphatic rings. The summed E-state index contributed by atoms with van der Waals surface area (Å²) in [4.78, 5) is 26.8. The van der Waals surface area contributed by atoms with Crippen molar-refractivity contribution in [1.82, 2.24) is 4.31 Å². The van der Waals surface area contributed by atoms with E-state index in [1.54, 1.807) is 12.1 Å². The van der Waals surface area contributed by atoms with E-state index in [1.807, 2.05) is 12.2 Å². The van der Waals surface area contributed by atoms with Crippen LogP contribution in [0.5, 0.6) is 0 Å². The minimum atomic E-state index is -3.79. The van der Waals surface area contributed by atoms with Crippen LogP contribution in [-0.4, -0.2) is 43.0 Å². The molecule has 4 atom stereocenters. The summed E-state index contributed by atoms with van der Waals surface area (Å²) in [6, 6.07) is 6.02. The molecule has 196 valence electrons. The quantitative estimate of drug-likeness (QED) is 0.316. The highest BCUT2D eigenvalue weighted by Crippen LogP contribution is 2.70. The van der Waals surface area contributed by atoms with Crippen LogP contribution in [0.25, 0.3) is 0 Å². The van der Waals surface area contributed by atoms with Gasteiger partial charge in [-0.05, 0) is 66.9 Å². The van der Waals surface area contributed by atoms with Gasteiger partial charge in [0.25, 0.3) is 5.91 Å². The maximum absolute atomic E-state index is 13.8. The summed E-state index contributed by atoms with van der Waals surface area (Å²) < 4.78 is 33.4. The number of hydrogen-bond donors (Lipinski definition) is 0. The molecule has 2 saturated carbocycles. The average molecular weight is 514 g/mol. The number of allylic oxidation sites excluding steroid dienone is 2. The van der Waals surface area contributed by atoms with Crippen molar-refractivity contribution in [2.45, 2.75) is 65.8 Å². The van der Waals surface area contributed by atoms with E-state index < -0.39 is 27.3 Å². The second-order valence-corrected chi connectivity index (χ2v) is 13.9. The predicted octanol–water partition coefficient (Wildman–Crippen LogP) is 5.62. The van der Waals surface area contributed by atoms with E-state index in [2.05, 4.69) is 40.9 Å². The van der Waals surface area contributed by atoms with Crippen LogP contribution in [0, 0.1) is 28.1 Å². The molecule has 4 rings (SSSR count). The number of fused-ring (bicyclic) bond motifs is 1. The monoisotopic (exact) mass is 513 g/mol. The standard InChI is InChI=1S/C29H39NO5S/c1-7-15-27(3,4)20(8-2)14-17-35-26(32)23-12-10-9-11-22(23)25(31)30-24-18-21-13-16-29(24,28(21,5)6)19-36(30,33)34/h7-12,20-21,24H,1-2,13-19H2,3-6H3. The van der Waals surface area contributed by atoms with Crippen molar-refractivity contribution in [2.24, 2.45) is 28.1 Å². The van der Waals surface area contributed by atoms with Crippen LogP contribution in [0.1, 0.15) is 80.5 Å². The topological polar surface area (TPSA) is 80.8 Å². The highest BCUT2D eigenvalue weighted by molar-refractivity contribution is 7.90. The summed E-state index contributed by atoms with van der Waals surface area (Å²) in [5, 5.41) is 0. The molecule has 1 amide bonds. The average Bonchev–Trinajstić information content (AvgIpc) is 3.29. The molecule has 1 aliphatic heterocycles. The molecule has 1 aromatic rings. The third kappa shape index (κ3) is 4.04. The zero-order chi connectivity index (χ0) is 26.5. The summed E-state index contributed by atoms with van der Waals surface area (Å²) in [7, 11) is -3.79. The van der Waals surface area contributed by atoms with Crippen LogP contribution in [0.15, 0.2) is 49.6 Å². The minimum absolute atomic E-state index is 0.00401. The molecular formula is C29H39NO5S. The van der Waals surface area contributed by atoms with Gasteiger partial charge in [0.2, 0.25) is 10.0 Å².